The molecular formula is C40H47N5O4. The quantitative estimate of drug-likeness (QED) is 0.162. The Morgan fingerprint density at radius 1 is 0.857 bits per heavy atom. The second kappa shape index (κ2) is 16.2. The molecule has 5 rings (SSSR count). The molecule has 9 heteroatoms. The second-order valence-corrected chi connectivity index (χ2v) is 12.6. The van der Waals surface area contributed by atoms with Crippen LogP contribution in [0.5, 0.6) is 5.88 Å². The highest BCUT2D eigenvalue weighted by Crippen LogP contribution is 2.26. The van der Waals surface area contributed by atoms with Gasteiger partial charge in [-0.2, -0.15) is 0 Å². The molecule has 0 unspecified atom stereocenters. The molecule has 9 nitrogen and oxygen atoms in total. The largest absolute Gasteiger partial charge is 0.474 e. The first kappa shape index (κ1) is 35.0. The van der Waals surface area contributed by atoms with Gasteiger partial charge in [0.2, 0.25) is 5.88 Å². The summed E-state index contributed by atoms with van der Waals surface area (Å²) in [6, 6.07) is 25.8. The number of amides is 1. The fraction of sp³-hybridized carbons (Fsp3) is 0.325. The molecule has 1 N–H and O–H groups in total. The van der Waals surface area contributed by atoms with E-state index in [0.29, 0.717) is 60.7 Å². The smallest absolute Gasteiger partial charge is 0.338 e. The Hall–Kier alpha value is -5.31. The SMILES string of the molecule is C=C(NCCc1ccc(N(C)C)cc1)c1ccc(C(=O)OCC)cc1C(=O)N1CCC(Oc2ccc(-c3ccc(N(C)C)cc3)cn2)CC1. The molecule has 0 saturated carbocycles. The average molecular weight is 662 g/mol. The standard InChI is InChI=1S/C40H47N5O4/c1-7-48-40(47)31-12-18-36(28(2)41-23-20-29-8-14-33(15-9-29)43(3)4)37(26-31)39(46)45-24-21-35(22-25-45)49-38-19-13-32(27-42-38)30-10-16-34(17-11-30)44(5)6/h8-19,26-27,35,41H,2,7,20-25H2,1,3-6H3. The maximum absolute atomic E-state index is 14.0. The molecule has 0 aliphatic carbocycles. The number of nitrogens with one attached hydrogen (secondary N) is 1. The van der Waals surface area contributed by atoms with E-state index in [9.17, 15) is 9.59 Å². The van der Waals surface area contributed by atoms with E-state index in [2.05, 4.69) is 75.2 Å². The molecule has 1 fully saturated rings. The highest BCUT2D eigenvalue weighted by Gasteiger charge is 2.27. The molecule has 49 heavy (non-hydrogen) atoms. The van der Waals surface area contributed by atoms with Crippen molar-refractivity contribution in [3.63, 3.8) is 0 Å². The molecule has 4 aromatic rings. The summed E-state index contributed by atoms with van der Waals surface area (Å²) < 4.78 is 11.5. The van der Waals surface area contributed by atoms with Gasteiger partial charge in [-0.15, -0.1) is 0 Å². The van der Waals surface area contributed by atoms with Crippen molar-refractivity contribution in [1.29, 1.82) is 0 Å². The highest BCUT2D eigenvalue weighted by atomic mass is 16.5. The molecule has 0 spiro atoms. The molecule has 3 aromatic carbocycles. The Morgan fingerprint density at radius 3 is 2.08 bits per heavy atom. The minimum absolute atomic E-state index is 0.0597. The van der Waals surface area contributed by atoms with E-state index < -0.39 is 5.97 Å². The van der Waals surface area contributed by atoms with Crippen LogP contribution in [0, 0.1) is 0 Å². The molecule has 0 radical (unpaired) electrons. The number of carbonyl (C=O) groups excluding carboxylic acids is 2. The van der Waals surface area contributed by atoms with Crippen LogP contribution in [0.1, 0.15) is 51.6 Å². The fourth-order valence-corrected chi connectivity index (χ4v) is 5.83. The minimum Gasteiger partial charge on any atom is -0.474 e. The lowest BCUT2D eigenvalue weighted by molar-refractivity contribution is 0.0526. The third-order valence-corrected chi connectivity index (χ3v) is 8.76. The van der Waals surface area contributed by atoms with Gasteiger partial charge in [-0.3, -0.25) is 4.79 Å². The number of anilines is 2. The summed E-state index contributed by atoms with van der Waals surface area (Å²) in [7, 11) is 8.09. The van der Waals surface area contributed by atoms with E-state index in [0.717, 1.165) is 28.9 Å². The molecule has 256 valence electrons. The van der Waals surface area contributed by atoms with E-state index in [1.165, 1.54) is 5.56 Å². The zero-order valence-corrected chi connectivity index (χ0v) is 29.2. The second-order valence-electron chi connectivity index (χ2n) is 12.6. The first-order chi connectivity index (χ1) is 23.6. The Balaban J connectivity index is 1.21. The first-order valence-corrected chi connectivity index (χ1v) is 16.8. The van der Waals surface area contributed by atoms with Crippen molar-refractivity contribution < 1.29 is 19.1 Å². The number of rotatable bonds is 13. The van der Waals surface area contributed by atoms with E-state index in [-0.39, 0.29) is 18.6 Å². The molecule has 2 heterocycles. The average Bonchev–Trinajstić information content (AvgIpc) is 3.12. The van der Waals surface area contributed by atoms with Gasteiger partial charge in [0.15, 0.2) is 0 Å². The number of aromatic nitrogens is 1. The van der Waals surface area contributed by atoms with Gasteiger partial charge in [0, 0.05) is 107 Å². The summed E-state index contributed by atoms with van der Waals surface area (Å²) in [6.45, 7) is 7.95. The number of carbonyl (C=O) groups is 2. The molecule has 1 saturated heterocycles. The summed E-state index contributed by atoms with van der Waals surface area (Å²) in [5, 5.41) is 3.39. The van der Waals surface area contributed by atoms with Gasteiger partial charge in [-0.05, 0) is 66.9 Å². The van der Waals surface area contributed by atoms with Crippen LogP contribution in [-0.2, 0) is 11.2 Å². The summed E-state index contributed by atoms with van der Waals surface area (Å²) in [4.78, 5) is 37.1. The number of piperidine rings is 1. The zero-order valence-electron chi connectivity index (χ0n) is 29.2. The van der Waals surface area contributed by atoms with Crippen LogP contribution in [0.3, 0.4) is 0 Å². The molecule has 1 amide bonds. The summed E-state index contributed by atoms with van der Waals surface area (Å²) in [5.41, 5.74) is 7.66. The first-order valence-electron chi connectivity index (χ1n) is 16.8. The monoisotopic (exact) mass is 661 g/mol. The number of esters is 1. The van der Waals surface area contributed by atoms with Gasteiger partial charge >= 0.3 is 5.97 Å². The Kier molecular flexibility index (Phi) is 11.6. The van der Waals surface area contributed by atoms with E-state index >= 15 is 0 Å². The maximum Gasteiger partial charge on any atom is 0.338 e. The van der Waals surface area contributed by atoms with Crippen LogP contribution in [0.15, 0.2) is 91.6 Å². The highest BCUT2D eigenvalue weighted by molar-refractivity contribution is 6.02. The molecule has 0 bridgehead atoms. The molecule has 1 aliphatic rings. The van der Waals surface area contributed by atoms with E-state index in [1.54, 1.807) is 25.1 Å². The van der Waals surface area contributed by atoms with Gasteiger partial charge in [-0.25, -0.2) is 9.78 Å². The number of likely N-dealkylation sites (tertiary alicyclic amines) is 1. The lowest BCUT2D eigenvalue weighted by Crippen LogP contribution is -2.42. The van der Waals surface area contributed by atoms with E-state index in [4.69, 9.17) is 9.47 Å². The number of benzene rings is 3. The number of nitrogens with zero attached hydrogens (tertiary/aromatic N) is 4. The Labute approximate surface area is 290 Å². The van der Waals surface area contributed by atoms with Crippen molar-refractivity contribution in [3.05, 3.63) is 114 Å². The molecule has 0 atom stereocenters. The Bertz CT molecular complexity index is 1730. The van der Waals surface area contributed by atoms with Gasteiger partial charge in [0.1, 0.15) is 6.10 Å². The third kappa shape index (κ3) is 8.99. The van der Waals surface area contributed by atoms with Crippen LogP contribution in [0.25, 0.3) is 16.8 Å². The Morgan fingerprint density at radius 2 is 1.49 bits per heavy atom. The molecule has 1 aromatic heterocycles. The summed E-state index contributed by atoms with van der Waals surface area (Å²) >= 11 is 0. The topological polar surface area (TPSA) is 87.2 Å². The van der Waals surface area contributed by atoms with Crippen LogP contribution < -0.4 is 19.9 Å². The van der Waals surface area contributed by atoms with Crippen LogP contribution in [0.4, 0.5) is 11.4 Å². The molecular weight excluding hydrogens is 614 g/mol. The van der Waals surface area contributed by atoms with Crippen molar-refractivity contribution in [3.8, 4) is 17.0 Å². The zero-order chi connectivity index (χ0) is 34.9. The summed E-state index contributed by atoms with van der Waals surface area (Å²) in [5.74, 6) is -0.0393. The predicted octanol–water partition coefficient (Wildman–Crippen LogP) is 6.54. The van der Waals surface area contributed by atoms with Crippen molar-refractivity contribution in [1.82, 2.24) is 15.2 Å². The maximum atomic E-state index is 14.0. The van der Waals surface area contributed by atoms with Crippen LogP contribution in [-0.4, -0.2) is 82.3 Å². The van der Waals surface area contributed by atoms with Gasteiger partial charge in [0.25, 0.3) is 5.91 Å². The minimum atomic E-state index is -0.459. The summed E-state index contributed by atoms with van der Waals surface area (Å²) in [6.07, 6.45) is 3.90. The van der Waals surface area contributed by atoms with Crippen LogP contribution in [0.2, 0.25) is 0 Å². The van der Waals surface area contributed by atoms with Crippen molar-refractivity contribution in [2.24, 2.45) is 0 Å². The van der Waals surface area contributed by atoms with E-state index in [1.807, 2.05) is 51.4 Å². The van der Waals surface area contributed by atoms with Gasteiger partial charge in [0.05, 0.1) is 12.2 Å². The number of ether oxygens (including phenoxy) is 2. The molecule has 1 aliphatic heterocycles. The normalized spacial score (nSPS) is 13.0. The van der Waals surface area contributed by atoms with Gasteiger partial charge < -0.3 is 29.5 Å². The lowest BCUT2D eigenvalue weighted by Gasteiger charge is -2.32. The fourth-order valence-electron chi connectivity index (χ4n) is 5.83. The number of pyridine rings is 1. The third-order valence-electron chi connectivity index (χ3n) is 8.76. The van der Waals surface area contributed by atoms with Crippen molar-refractivity contribution in [2.75, 3.05) is 64.2 Å². The lowest BCUT2D eigenvalue weighted by atomic mass is 9.98. The number of hydrogen-bond acceptors (Lipinski definition) is 8. The van der Waals surface area contributed by atoms with Crippen molar-refractivity contribution >= 4 is 28.9 Å². The van der Waals surface area contributed by atoms with Crippen LogP contribution >= 0.6 is 0 Å². The number of hydrogen-bond donors (Lipinski definition) is 1. The van der Waals surface area contributed by atoms with Crippen molar-refractivity contribution in [2.45, 2.75) is 32.3 Å². The van der Waals surface area contributed by atoms with Gasteiger partial charge in [-0.1, -0.05) is 36.9 Å². The predicted molar refractivity (Wildman–Crippen MR) is 197 cm³/mol.